The van der Waals surface area contributed by atoms with Crippen molar-refractivity contribution in [3.8, 4) is 0 Å². The molecule has 0 N–H and O–H groups in total. The lowest BCUT2D eigenvalue weighted by Gasteiger charge is -1.90. The molecule has 0 aliphatic heterocycles. The Balaban J connectivity index is 2.78. The van der Waals surface area contributed by atoms with E-state index in [2.05, 4.69) is 4.42 Å². The van der Waals surface area contributed by atoms with Crippen LogP contribution in [0.1, 0.15) is 10.6 Å². The summed E-state index contributed by atoms with van der Waals surface area (Å²) in [6.45, 7) is 0. The fraction of sp³-hybridized carbons (Fsp3) is 0.167. The van der Waals surface area contributed by atoms with E-state index in [0.717, 1.165) is 0 Å². The molecule has 0 fully saturated rings. The van der Waals surface area contributed by atoms with Gasteiger partial charge in [0, 0.05) is 0 Å². The molecule has 1 aromatic heterocycles. The van der Waals surface area contributed by atoms with Crippen molar-refractivity contribution < 1.29 is 18.0 Å². The van der Waals surface area contributed by atoms with E-state index in [9.17, 15) is 13.6 Å². The van der Waals surface area contributed by atoms with Gasteiger partial charge in [-0.3, -0.25) is 4.79 Å². The number of hydrogen-bond donors (Lipinski definition) is 0. The van der Waals surface area contributed by atoms with E-state index < -0.39 is 12.2 Å². The fourth-order valence-electron chi connectivity index (χ4n) is 0.526. The Kier molecular flexibility index (Phi) is 1.80. The minimum atomic E-state index is -2.98. The molecule has 1 rings (SSSR count). The number of alkyl halides is 2. The second-order valence-corrected chi connectivity index (χ2v) is 1.64. The maximum absolute atomic E-state index is 11.6. The Bertz CT molecular complexity index is 216. The van der Waals surface area contributed by atoms with E-state index in [1.54, 1.807) is 0 Å². The molecule has 0 aliphatic carbocycles. The standard InChI is InChI=1S/C6H4F2O2/c7-6(8)5(9)4-2-1-3-10-4/h1-3,6H. The summed E-state index contributed by atoms with van der Waals surface area (Å²) >= 11 is 0. The quantitative estimate of drug-likeness (QED) is 0.594. The molecule has 10 heavy (non-hydrogen) atoms. The number of ketones is 1. The zero-order valence-corrected chi connectivity index (χ0v) is 4.88. The third-order valence-electron chi connectivity index (χ3n) is 0.962. The van der Waals surface area contributed by atoms with Crippen LogP contribution < -0.4 is 0 Å². The van der Waals surface area contributed by atoms with Crippen molar-refractivity contribution in [2.75, 3.05) is 0 Å². The highest BCUT2D eigenvalue weighted by Crippen LogP contribution is 2.07. The van der Waals surface area contributed by atoms with Crippen molar-refractivity contribution in [1.29, 1.82) is 0 Å². The average molecular weight is 146 g/mol. The molecule has 0 radical (unpaired) electrons. The van der Waals surface area contributed by atoms with Crippen LogP contribution in [0.25, 0.3) is 0 Å². The van der Waals surface area contributed by atoms with Gasteiger partial charge in [-0.05, 0) is 12.1 Å². The van der Waals surface area contributed by atoms with E-state index in [1.165, 1.54) is 18.4 Å². The van der Waals surface area contributed by atoms with E-state index in [0.29, 0.717) is 0 Å². The first-order valence-corrected chi connectivity index (χ1v) is 2.57. The molecule has 0 unspecified atom stereocenters. The van der Waals surface area contributed by atoms with E-state index in [1.807, 2.05) is 0 Å². The summed E-state index contributed by atoms with van der Waals surface area (Å²) in [5.74, 6) is -1.57. The summed E-state index contributed by atoms with van der Waals surface area (Å²) in [7, 11) is 0. The Morgan fingerprint density at radius 1 is 1.60 bits per heavy atom. The Hall–Kier alpha value is -1.19. The number of hydrogen-bond acceptors (Lipinski definition) is 2. The van der Waals surface area contributed by atoms with Crippen LogP contribution in [0.15, 0.2) is 22.8 Å². The lowest BCUT2D eigenvalue weighted by molar-refractivity contribution is 0.0649. The van der Waals surface area contributed by atoms with Gasteiger partial charge in [-0.2, -0.15) is 0 Å². The van der Waals surface area contributed by atoms with E-state index in [4.69, 9.17) is 0 Å². The van der Waals surface area contributed by atoms with Crippen LogP contribution in [-0.2, 0) is 0 Å². The zero-order chi connectivity index (χ0) is 7.56. The topological polar surface area (TPSA) is 30.2 Å². The minimum Gasteiger partial charge on any atom is -0.461 e. The normalized spacial score (nSPS) is 10.3. The van der Waals surface area contributed by atoms with Crippen molar-refractivity contribution in [1.82, 2.24) is 0 Å². The molecular weight excluding hydrogens is 142 g/mol. The van der Waals surface area contributed by atoms with Crippen LogP contribution >= 0.6 is 0 Å². The molecule has 0 bridgehead atoms. The SMILES string of the molecule is O=C(c1ccco1)C(F)F. The number of furan rings is 1. The first-order chi connectivity index (χ1) is 4.72. The van der Waals surface area contributed by atoms with Crippen molar-refractivity contribution >= 4 is 5.78 Å². The summed E-state index contributed by atoms with van der Waals surface area (Å²) in [4.78, 5) is 10.4. The van der Waals surface area contributed by atoms with Gasteiger partial charge in [0.15, 0.2) is 5.76 Å². The zero-order valence-electron chi connectivity index (χ0n) is 4.88. The van der Waals surface area contributed by atoms with Crippen LogP contribution in [0.3, 0.4) is 0 Å². The summed E-state index contributed by atoms with van der Waals surface area (Å²) in [6, 6.07) is 2.59. The number of carbonyl (C=O) groups excluding carboxylic acids is 1. The van der Waals surface area contributed by atoms with Gasteiger partial charge >= 0.3 is 6.43 Å². The van der Waals surface area contributed by atoms with E-state index in [-0.39, 0.29) is 5.76 Å². The average Bonchev–Trinajstić information content (AvgIpc) is 2.36. The van der Waals surface area contributed by atoms with Gasteiger partial charge in [0.2, 0.25) is 0 Å². The van der Waals surface area contributed by atoms with Crippen LogP contribution in [0.5, 0.6) is 0 Å². The van der Waals surface area contributed by atoms with Gasteiger partial charge < -0.3 is 4.42 Å². The fourth-order valence-corrected chi connectivity index (χ4v) is 0.526. The highest BCUT2D eigenvalue weighted by atomic mass is 19.3. The van der Waals surface area contributed by atoms with Gasteiger partial charge in [0.05, 0.1) is 6.26 Å². The summed E-state index contributed by atoms with van der Waals surface area (Å²) in [5, 5.41) is 0. The number of halogens is 2. The van der Waals surface area contributed by atoms with Crippen LogP contribution in [-0.4, -0.2) is 12.2 Å². The second kappa shape index (κ2) is 2.60. The summed E-state index contributed by atoms with van der Waals surface area (Å²) in [5.41, 5.74) is 0. The molecule has 1 aromatic rings. The molecule has 54 valence electrons. The lowest BCUT2D eigenvalue weighted by atomic mass is 10.3. The maximum Gasteiger partial charge on any atom is 0.303 e. The Labute approximate surface area is 55.4 Å². The highest BCUT2D eigenvalue weighted by molar-refractivity contribution is 5.95. The molecule has 0 spiro atoms. The first kappa shape index (κ1) is 6.92. The molecular formula is C6H4F2O2. The van der Waals surface area contributed by atoms with Gasteiger partial charge in [0.1, 0.15) is 0 Å². The smallest absolute Gasteiger partial charge is 0.303 e. The predicted molar refractivity (Wildman–Crippen MR) is 29.0 cm³/mol. The maximum atomic E-state index is 11.6. The van der Waals surface area contributed by atoms with Crippen molar-refractivity contribution in [2.45, 2.75) is 6.43 Å². The molecule has 0 aliphatic rings. The number of rotatable bonds is 2. The third-order valence-corrected chi connectivity index (χ3v) is 0.962. The lowest BCUT2D eigenvalue weighted by Crippen LogP contribution is -2.08. The van der Waals surface area contributed by atoms with Crippen molar-refractivity contribution in [3.63, 3.8) is 0 Å². The molecule has 0 saturated heterocycles. The van der Waals surface area contributed by atoms with Crippen molar-refractivity contribution in [2.24, 2.45) is 0 Å². The second-order valence-electron chi connectivity index (χ2n) is 1.64. The molecule has 0 atom stereocenters. The molecule has 4 heteroatoms. The largest absolute Gasteiger partial charge is 0.461 e. The minimum absolute atomic E-state index is 0.296. The van der Waals surface area contributed by atoms with Crippen molar-refractivity contribution in [3.05, 3.63) is 24.2 Å². The van der Waals surface area contributed by atoms with Gasteiger partial charge in [-0.25, -0.2) is 8.78 Å². The molecule has 0 saturated carbocycles. The van der Waals surface area contributed by atoms with Crippen LogP contribution in [0.4, 0.5) is 8.78 Å². The molecule has 0 amide bonds. The molecule has 1 heterocycles. The first-order valence-electron chi connectivity index (χ1n) is 2.57. The number of carbonyl (C=O) groups is 1. The van der Waals surface area contributed by atoms with Crippen LogP contribution in [0.2, 0.25) is 0 Å². The Morgan fingerprint density at radius 2 is 2.30 bits per heavy atom. The van der Waals surface area contributed by atoms with Gasteiger partial charge in [-0.1, -0.05) is 0 Å². The number of Topliss-reactive ketones (excluding diaryl/α,β-unsaturated/α-hetero) is 1. The predicted octanol–water partition coefficient (Wildman–Crippen LogP) is 1.73. The summed E-state index contributed by atoms with van der Waals surface area (Å²) < 4.78 is 27.6. The monoisotopic (exact) mass is 146 g/mol. The van der Waals surface area contributed by atoms with Gasteiger partial charge in [-0.15, -0.1) is 0 Å². The molecule has 0 aromatic carbocycles. The molecule has 2 nitrogen and oxygen atoms in total. The summed E-state index contributed by atoms with van der Waals surface area (Å²) in [6.07, 6.45) is -1.80. The Morgan fingerprint density at radius 3 is 2.70 bits per heavy atom. The van der Waals surface area contributed by atoms with Crippen LogP contribution in [0, 0.1) is 0 Å². The third kappa shape index (κ3) is 1.21. The van der Waals surface area contributed by atoms with Gasteiger partial charge in [0.25, 0.3) is 5.78 Å². The van der Waals surface area contributed by atoms with E-state index >= 15 is 0 Å². The highest BCUT2D eigenvalue weighted by Gasteiger charge is 2.19.